The van der Waals surface area contributed by atoms with E-state index in [0.717, 1.165) is 42.9 Å². The molecule has 2 saturated heterocycles. The molecule has 0 N–H and O–H groups in total. The highest BCUT2D eigenvalue weighted by atomic mass is 32.2. The number of thioether (sulfide) groups is 1. The first kappa shape index (κ1) is 27.2. The topological polar surface area (TPSA) is 69.3 Å². The number of nitriles is 1. The molecular formula is C29H34N4O2S2. The van der Waals surface area contributed by atoms with Crippen molar-refractivity contribution in [1.29, 1.82) is 5.26 Å². The maximum Gasteiger partial charge on any atom is 0.270 e. The van der Waals surface area contributed by atoms with Crippen LogP contribution in [-0.4, -0.2) is 39.3 Å². The molecule has 0 aliphatic carbocycles. The molecule has 0 saturated carbocycles. The van der Waals surface area contributed by atoms with E-state index in [1.54, 1.807) is 9.47 Å². The van der Waals surface area contributed by atoms with E-state index in [9.17, 15) is 14.9 Å². The van der Waals surface area contributed by atoms with Crippen molar-refractivity contribution in [1.82, 2.24) is 9.47 Å². The minimum atomic E-state index is -0.254. The van der Waals surface area contributed by atoms with Crippen molar-refractivity contribution in [3.63, 3.8) is 0 Å². The highest BCUT2D eigenvalue weighted by Gasteiger charge is 2.34. The SMILES string of the molecule is CCCn1c(N2CC(C)CC(C)C2)c(C=C2SC(=S)N(CCc3ccccc3)C2=O)c(C)c(C#N)c1=O. The number of benzene rings is 1. The summed E-state index contributed by atoms with van der Waals surface area (Å²) in [5, 5.41) is 9.88. The molecule has 1 aromatic carbocycles. The molecular weight excluding hydrogens is 500 g/mol. The van der Waals surface area contributed by atoms with Crippen LogP contribution in [0, 0.1) is 30.1 Å². The number of nitrogens with zero attached hydrogens (tertiary/aromatic N) is 4. The number of pyridine rings is 1. The van der Waals surface area contributed by atoms with Crippen molar-refractivity contribution in [2.45, 2.75) is 53.5 Å². The molecule has 2 aromatic rings. The Kier molecular flexibility index (Phi) is 8.56. The summed E-state index contributed by atoms with van der Waals surface area (Å²) in [5.74, 6) is 1.66. The third-order valence-corrected chi connectivity index (χ3v) is 8.46. The number of rotatable bonds is 7. The average molecular weight is 535 g/mol. The second-order valence-electron chi connectivity index (χ2n) is 10.2. The first-order valence-electron chi connectivity index (χ1n) is 13.0. The average Bonchev–Trinajstić information content (AvgIpc) is 3.13. The van der Waals surface area contributed by atoms with Gasteiger partial charge in [-0.2, -0.15) is 5.26 Å². The second-order valence-corrected chi connectivity index (χ2v) is 11.9. The summed E-state index contributed by atoms with van der Waals surface area (Å²) in [6, 6.07) is 12.2. The van der Waals surface area contributed by atoms with Crippen LogP contribution in [0.1, 0.15) is 55.9 Å². The van der Waals surface area contributed by atoms with E-state index in [4.69, 9.17) is 12.2 Å². The number of piperidine rings is 1. The molecule has 2 atom stereocenters. The summed E-state index contributed by atoms with van der Waals surface area (Å²) >= 11 is 6.89. The maximum absolute atomic E-state index is 13.5. The zero-order chi connectivity index (χ0) is 26.7. The molecule has 37 heavy (non-hydrogen) atoms. The van der Waals surface area contributed by atoms with Crippen molar-refractivity contribution >= 4 is 46.1 Å². The summed E-state index contributed by atoms with van der Waals surface area (Å²) in [6.45, 7) is 11.0. The van der Waals surface area contributed by atoms with E-state index in [-0.39, 0.29) is 17.0 Å². The largest absolute Gasteiger partial charge is 0.357 e. The van der Waals surface area contributed by atoms with Gasteiger partial charge in [0.05, 0.1) is 4.91 Å². The van der Waals surface area contributed by atoms with Crippen molar-refractivity contribution < 1.29 is 4.79 Å². The van der Waals surface area contributed by atoms with Crippen LogP contribution in [0.5, 0.6) is 0 Å². The van der Waals surface area contributed by atoms with Crippen LogP contribution in [0.15, 0.2) is 40.0 Å². The number of hydrogen-bond donors (Lipinski definition) is 0. The number of thiocarbonyl (C=S) groups is 1. The first-order valence-corrected chi connectivity index (χ1v) is 14.2. The number of carbonyl (C=O) groups excluding carboxylic acids is 1. The highest BCUT2D eigenvalue weighted by molar-refractivity contribution is 8.26. The number of aromatic nitrogens is 1. The van der Waals surface area contributed by atoms with Gasteiger partial charge in [-0.25, -0.2) is 0 Å². The van der Waals surface area contributed by atoms with Gasteiger partial charge in [0.15, 0.2) is 0 Å². The maximum atomic E-state index is 13.5. The third-order valence-electron chi connectivity index (χ3n) is 7.08. The molecule has 3 heterocycles. The van der Waals surface area contributed by atoms with E-state index in [1.807, 2.05) is 50.3 Å². The van der Waals surface area contributed by atoms with E-state index in [2.05, 4.69) is 24.8 Å². The summed E-state index contributed by atoms with van der Waals surface area (Å²) in [6.07, 6.45) is 4.48. The molecule has 1 amide bonds. The van der Waals surface area contributed by atoms with Crippen LogP contribution in [0.2, 0.25) is 0 Å². The molecule has 1 aromatic heterocycles. The Bertz CT molecular complexity index is 1320. The van der Waals surface area contributed by atoms with E-state index < -0.39 is 0 Å². The first-order chi connectivity index (χ1) is 17.7. The molecule has 194 valence electrons. The van der Waals surface area contributed by atoms with Gasteiger partial charge in [0.25, 0.3) is 11.5 Å². The Morgan fingerprint density at radius 1 is 1.14 bits per heavy atom. The molecule has 2 aliphatic heterocycles. The lowest BCUT2D eigenvalue weighted by atomic mass is 9.91. The Balaban J connectivity index is 1.78. The lowest BCUT2D eigenvalue weighted by Gasteiger charge is -2.39. The highest BCUT2D eigenvalue weighted by Crippen LogP contribution is 2.37. The fourth-order valence-electron chi connectivity index (χ4n) is 5.46. The van der Waals surface area contributed by atoms with Gasteiger partial charge in [-0.3, -0.25) is 19.1 Å². The van der Waals surface area contributed by atoms with Crippen LogP contribution in [-0.2, 0) is 17.8 Å². The van der Waals surface area contributed by atoms with Gasteiger partial charge >= 0.3 is 0 Å². The molecule has 2 aliphatic rings. The van der Waals surface area contributed by atoms with Gasteiger partial charge in [-0.05, 0) is 55.2 Å². The van der Waals surface area contributed by atoms with Crippen LogP contribution >= 0.6 is 24.0 Å². The van der Waals surface area contributed by atoms with Crippen LogP contribution in [0.4, 0.5) is 5.82 Å². The Morgan fingerprint density at radius 3 is 2.43 bits per heavy atom. The number of anilines is 1. The van der Waals surface area contributed by atoms with Crippen molar-refractivity contribution in [2.24, 2.45) is 11.8 Å². The third kappa shape index (κ3) is 5.68. The Labute approximate surface area is 229 Å². The molecule has 0 spiro atoms. The van der Waals surface area contributed by atoms with Gasteiger partial charge in [-0.15, -0.1) is 0 Å². The molecule has 8 heteroatoms. The number of carbonyl (C=O) groups is 1. The van der Waals surface area contributed by atoms with Gasteiger partial charge in [-0.1, -0.05) is 75.1 Å². The predicted octanol–water partition coefficient (Wildman–Crippen LogP) is 5.36. The summed E-state index contributed by atoms with van der Waals surface area (Å²) in [5.41, 5.74) is 2.43. The molecule has 4 rings (SSSR count). The monoisotopic (exact) mass is 534 g/mol. The van der Waals surface area contributed by atoms with Crippen molar-refractivity contribution in [3.8, 4) is 6.07 Å². The van der Waals surface area contributed by atoms with Crippen LogP contribution < -0.4 is 10.5 Å². The van der Waals surface area contributed by atoms with Gasteiger partial charge in [0.2, 0.25) is 0 Å². The predicted molar refractivity (Wildman–Crippen MR) is 156 cm³/mol. The van der Waals surface area contributed by atoms with E-state index in [1.165, 1.54) is 11.8 Å². The molecule has 6 nitrogen and oxygen atoms in total. The van der Waals surface area contributed by atoms with Gasteiger partial charge in [0, 0.05) is 31.7 Å². The smallest absolute Gasteiger partial charge is 0.270 e. The number of hydrogen-bond acceptors (Lipinski definition) is 6. The fraction of sp³-hybridized carbons (Fsp3) is 0.448. The second kappa shape index (κ2) is 11.7. The molecule has 2 fully saturated rings. The van der Waals surface area contributed by atoms with Crippen LogP contribution in [0.25, 0.3) is 6.08 Å². The summed E-state index contributed by atoms with van der Waals surface area (Å²) < 4.78 is 2.28. The minimum absolute atomic E-state index is 0.122. The minimum Gasteiger partial charge on any atom is -0.357 e. The van der Waals surface area contributed by atoms with E-state index in [0.29, 0.717) is 46.1 Å². The normalized spacial score (nSPS) is 21.1. The summed E-state index contributed by atoms with van der Waals surface area (Å²) in [7, 11) is 0. The zero-order valence-electron chi connectivity index (χ0n) is 22.0. The van der Waals surface area contributed by atoms with E-state index >= 15 is 0 Å². The quantitative estimate of drug-likeness (QED) is 0.352. The fourth-order valence-corrected chi connectivity index (χ4v) is 6.75. The lowest BCUT2D eigenvalue weighted by Crippen LogP contribution is -2.43. The van der Waals surface area contributed by atoms with Gasteiger partial charge < -0.3 is 4.90 Å². The van der Waals surface area contributed by atoms with Crippen molar-refractivity contribution in [2.75, 3.05) is 24.5 Å². The van der Waals surface area contributed by atoms with Crippen LogP contribution in [0.3, 0.4) is 0 Å². The molecule has 2 unspecified atom stereocenters. The molecule has 0 radical (unpaired) electrons. The summed E-state index contributed by atoms with van der Waals surface area (Å²) in [4.78, 5) is 31.4. The van der Waals surface area contributed by atoms with Crippen molar-refractivity contribution in [3.05, 3.63) is 67.8 Å². The Morgan fingerprint density at radius 2 is 1.81 bits per heavy atom. The lowest BCUT2D eigenvalue weighted by molar-refractivity contribution is -0.122. The Hall–Kier alpha value is -2.89. The number of amides is 1. The molecule has 0 bridgehead atoms. The van der Waals surface area contributed by atoms with Gasteiger partial charge in [0.1, 0.15) is 21.8 Å². The standard InChI is InChI=1S/C29H34N4O2S2/c1-5-12-32-26(31-17-19(2)14-20(3)18-31)23(21(4)24(16-30)27(32)34)15-25-28(35)33(29(36)37-25)13-11-22-9-7-6-8-10-22/h6-10,15,19-20H,5,11-14,17-18H2,1-4H3. The zero-order valence-corrected chi connectivity index (χ0v) is 23.6.